The van der Waals surface area contributed by atoms with E-state index in [1.54, 1.807) is 34.9 Å². The molecule has 0 aliphatic carbocycles. The van der Waals surface area contributed by atoms with Gasteiger partial charge in [0.25, 0.3) is 0 Å². The minimum absolute atomic E-state index is 0.100. The van der Waals surface area contributed by atoms with E-state index in [4.69, 9.17) is 0 Å². The molecule has 0 bridgehead atoms. The lowest BCUT2D eigenvalue weighted by Crippen LogP contribution is -2.16. The van der Waals surface area contributed by atoms with Crippen LogP contribution in [-0.4, -0.2) is 34.8 Å². The largest absolute Gasteiger partial charge is 0.325 e. The van der Waals surface area contributed by atoms with Gasteiger partial charge in [-0.15, -0.1) is 10.2 Å². The normalized spacial score (nSPS) is 11.5. The van der Waals surface area contributed by atoms with E-state index in [1.807, 2.05) is 54.6 Å². The van der Waals surface area contributed by atoms with E-state index in [0.29, 0.717) is 5.16 Å². The van der Waals surface area contributed by atoms with Crippen molar-refractivity contribution in [3.8, 4) is 5.69 Å². The first-order chi connectivity index (χ1) is 16.8. The van der Waals surface area contributed by atoms with E-state index in [9.17, 15) is 13.2 Å². The van der Waals surface area contributed by atoms with Gasteiger partial charge in [0.15, 0.2) is 20.8 Å². The van der Waals surface area contributed by atoms with Crippen molar-refractivity contribution in [1.82, 2.24) is 14.8 Å². The lowest BCUT2D eigenvalue weighted by atomic mass is 10.0. The average molecular weight is 507 g/mol. The van der Waals surface area contributed by atoms with Crippen molar-refractivity contribution in [3.05, 3.63) is 96.3 Å². The van der Waals surface area contributed by atoms with Gasteiger partial charge in [-0.2, -0.15) is 0 Å². The number of benzene rings is 3. The summed E-state index contributed by atoms with van der Waals surface area (Å²) >= 11 is 1.21. The van der Waals surface area contributed by atoms with Gasteiger partial charge in [-0.3, -0.25) is 9.36 Å². The van der Waals surface area contributed by atoms with Crippen molar-refractivity contribution < 1.29 is 13.2 Å². The third kappa shape index (κ3) is 5.98. The number of nitrogens with one attached hydrogen (secondary N) is 1. The first kappa shape index (κ1) is 24.7. The number of carbonyl (C=O) groups is 1. The summed E-state index contributed by atoms with van der Waals surface area (Å²) in [6.07, 6.45) is 0. The molecule has 4 rings (SSSR count). The number of amides is 1. The number of aromatic nitrogens is 3. The van der Waals surface area contributed by atoms with Crippen LogP contribution in [0, 0.1) is 0 Å². The number of anilines is 1. The number of hydrogen-bond donors (Lipinski definition) is 1. The van der Waals surface area contributed by atoms with Crippen LogP contribution in [0.5, 0.6) is 0 Å². The molecule has 180 valence electrons. The SMILES string of the molecule is CC(C)c1ccccc1NC(=O)CSc1nnc(CS(=O)(=O)c2ccccc2)n1-c1ccccc1. The minimum Gasteiger partial charge on any atom is -0.325 e. The Morgan fingerprint density at radius 1 is 0.914 bits per heavy atom. The number of para-hydroxylation sites is 2. The third-order valence-corrected chi connectivity index (χ3v) is 7.88. The summed E-state index contributed by atoms with van der Waals surface area (Å²) in [5.74, 6) is 0.169. The van der Waals surface area contributed by atoms with E-state index in [1.165, 1.54) is 11.8 Å². The van der Waals surface area contributed by atoms with Gasteiger partial charge in [0, 0.05) is 11.4 Å². The van der Waals surface area contributed by atoms with Crippen molar-refractivity contribution in [3.63, 3.8) is 0 Å². The van der Waals surface area contributed by atoms with E-state index in [-0.39, 0.29) is 34.1 Å². The number of sulfone groups is 1. The predicted molar refractivity (Wildman–Crippen MR) is 139 cm³/mol. The molecule has 4 aromatic rings. The van der Waals surface area contributed by atoms with Crippen molar-refractivity contribution in [2.24, 2.45) is 0 Å². The van der Waals surface area contributed by atoms with Crippen LogP contribution in [0.4, 0.5) is 5.69 Å². The fourth-order valence-electron chi connectivity index (χ4n) is 3.64. The van der Waals surface area contributed by atoms with Gasteiger partial charge in [0.2, 0.25) is 5.91 Å². The molecule has 1 heterocycles. The monoisotopic (exact) mass is 506 g/mol. The maximum atomic E-state index is 13.0. The maximum absolute atomic E-state index is 13.0. The molecule has 0 spiro atoms. The Labute approximate surface area is 209 Å². The van der Waals surface area contributed by atoms with Crippen LogP contribution in [0.1, 0.15) is 31.2 Å². The molecule has 0 radical (unpaired) electrons. The summed E-state index contributed by atoms with van der Waals surface area (Å²) < 4.78 is 27.7. The Hall–Kier alpha value is -3.43. The molecule has 0 fully saturated rings. The number of thioether (sulfide) groups is 1. The summed E-state index contributed by atoms with van der Waals surface area (Å²) in [6, 6.07) is 25.3. The van der Waals surface area contributed by atoms with Crippen molar-refractivity contribution in [1.29, 1.82) is 0 Å². The van der Waals surface area contributed by atoms with Gasteiger partial charge in [0.1, 0.15) is 5.75 Å². The molecule has 9 heteroatoms. The van der Waals surface area contributed by atoms with Gasteiger partial charge < -0.3 is 5.32 Å². The predicted octanol–water partition coefficient (Wildman–Crippen LogP) is 5.10. The van der Waals surface area contributed by atoms with Gasteiger partial charge in [-0.25, -0.2) is 8.42 Å². The van der Waals surface area contributed by atoms with Gasteiger partial charge in [-0.1, -0.05) is 80.2 Å². The highest BCUT2D eigenvalue weighted by atomic mass is 32.2. The first-order valence-electron chi connectivity index (χ1n) is 11.1. The first-order valence-corrected chi connectivity index (χ1v) is 13.8. The maximum Gasteiger partial charge on any atom is 0.234 e. The van der Waals surface area contributed by atoms with E-state index in [2.05, 4.69) is 29.4 Å². The van der Waals surface area contributed by atoms with Crippen LogP contribution in [0.15, 0.2) is 95.0 Å². The van der Waals surface area contributed by atoms with Gasteiger partial charge in [-0.05, 0) is 41.8 Å². The second-order valence-corrected chi connectivity index (χ2v) is 11.2. The molecule has 7 nitrogen and oxygen atoms in total. The molecule has 0 aliphatic rings. The van der Waals surface area contributed by atoms with Crippen molar-refractivity contribution in [2.45, 2.75) is 35.6 Å². The smallest absolute Gasteiger partial charge is 0.234 e. The van der Waals surface area contributed by atoms with Crippen LogP contribution >= 0.6 is 11.8 Å². The second-order valence-electron chi connectivity index (χ2n) is 8.22. The molecular weight excluding hydrogens is 480 g/mol. The summed E-state index contributed by atoms with van der Waals surface area (Å²) in [7, 11) is -3.63. The Balaban J connectivity index is 1.57. The zero-order chi connectivity index (χ0) is 24.8. The summed E-state index contributed by atoms with van der Waals surface area (Å²) in [6.45, 7) is 4.15. The van der Waals surface area contributed by atoms with E-state index >= 15 is 0 Å². The number of rotatable bonds is 9. The molecule has 0 unspecified atom stereocenters. The van der Waals surface area contributed by atoms with Crippen LogP contribution in [0.2, 0.25) is 0 Å². The highest BCUT2D eigenvalue weighted by Crippen LogP contribution is 2.26. The molecule has 0 atom stereocenters. The van der Waals surface area contributed by atoms with Crippen molar-refractivity contribution in [2.75, 3.05) is 11.1 Å². The Morgan fingerprint density at radius 3 is 2.23 bits per heavy atom. The summed E-state index contributed by atoms with van der Waals surface area (Å²) in [5, 5.41) is 11.8. The van der Waals surface area contributed by atoms with Gasteiger partial charge >= 0.3 is 0 Å². The highest BCUT2D eigenvalue weighted by molar-refractivity contribution is 7.99. The highest BCUT2D eigenvalue weighted by Gasteiger charge is 2.23. The lowest BCUT2D eigenvalue weighted by molar-refractivity contribution is -0.113. The molecule has 1 N–H and O–H groups in total. The van der Waals surface area contributed by atoms with Crippen LogP contribution in [-0.2, 0) is 20.4 Å². The third-order valence-electron chi connectivity index (χ3n) is 5.33. The van der Waals surface area contributed by atoms with Crippen LogP contribution in [0.3, 0.4) is 0 Å². The Morgan fingerprint density at radius 2 is 1.54 bits per heavy atom. The zero-order valence-corrected chi connectivity index (χ0v) is 21.1. The standard InChI is InChI=1S/C26H26N4O3S2/c1-19(2)22-15-9-10-16-23(22)27-25(31)17-34-26-29-28-24(30(26)20-11-5-3-6-12-20)18-35(32,33)21-13-7-4-8-14-21/h3-16,19H,17-18H2,1-2H3,(H,27,31). The Kier molecular flexibility index (Phi) is 7.67. The van der Waals surface area contributed by atoms with E-state index < -0.39 is 9.84 Å². The zero-order valence-electron chi connectivity index (χ0n) is 19.5. The molecule has 0 saturated carbocycles. The minimum atomic E-state index is -3.63. The quantitative estimate of drug-likeness (QED) is 0.318. The topological polar surface area (TPSA) is 94.0 Å². The van der Waals surface area contributed by atoms with E-state index in [0.717, 1.165) is 16.9 Å². The summed E-state index contributed by atoms with van der Waals surface area (Å²) in [5.41, 5.74) is 2.57. The molecule has 3 aromatic carbocycles. The van der Waals surface area contributed by atoms with Crippen LogP contribution in [0.25, 0.3) is 5.69 Å². The molecule has 0 saturated heterocycles. The number of hydrogen-bond acceptors (Lipinski definition) is 6. The molecular formula is C26H26N4O3S2. The molecule has 1 aromatic heterocycles. The van der Waals surface area contributed by atoms with Crippen LogP contribution < -0.4 is 5.32 Å². The average Bonchev–Trinajstić information content (AvgIpc) is 3.25. The number of carbonyl (C=O) groups excluding carboxylic acids is 1. The fourth-order valence-corrected chi connectivity index (χ4v) is 5.67. The number of nitrogens with zero attached hydrogens (tertiary/aromatic N) is 3. The molecule has 1 amide bonds. The Bertz CT molecular complexity index is 1400. The van der Waals surface area contributed by atoms with Crippen molar-refractivity contribution >= 4 is 33.2 Å². The summed E-state index contributed by atoms with van der Waals surface area (Å²) in [4.78, 5) is 13.0. The van der Waals surface area contributed by atoms with Gasteiger partial charge in [0.05, 0.1) is 10.6 Å². The lowest BCUT2D eigenvalue weighted by Gasteiger charge is -2.14. The fraction of sp³-hybridized carbons (Fsp3) is 0.192. The molecule has 35 heavy (non-hydrogen) atoms. The molecule has 0 aliphatic heterocycles. The second kappa shape index (κ2) is 10.9.